The molecule has 2 amide bonds. The topological polar surface area (TPSA) is 61.9 Å². The standard InChI is InChI=1S/C22H26ClN3O3S/c1-15(30-20-7-5-4-6-17(20)23)21(27)24-18-14-16(8-9-19(18)29-3)22(28)26-12-10-25(2)11-13-26/h4-9,14-15H,10-13H2,1-3H3,(H,24,27). The molecule has 0 radical (unpaired) electrons. The number of likely N-dealkylation sites (N-methyl/N-ethyl adjacent to an activating group) is 1. The average Bonchev–Trinajstić information content (AvgIpc) is 2.75. The number of nitrogens with one attached hydrogen (secondary N) is 1. The van der Waals surface area contributed by atoms with Crippen molar-refractivity contribution in [2.45, 2.75) is 17.1 Å². The van der Waals surface area contributed by atoms with E-state index >= 15 is 0 Å². The van der Waals surface area contributed by atoms with Crippen LogP contribution in [0.4, 0.5) is 5.69 Å². The second kappa shape index (κ2) is 10.2. The molecule has 2 aromatic rings. The lowest BCUT2D eigenvalue weighted by Gasteiger charge is -2.32. The Kier molecular flexibility index (Phi) is 7.64. The highest BCUT2D eigenvalue weighted by Crippen LogP contribution is 2.32. The lowest BCUT2D eigenvalue weighted by atomic mass is 10.1. The number of rotatable bonds is 6. The number of benzene rings is 2. The molecule has 1 unspecified atom stereocenters. The molecule has 160 valence electrons. The summed E-state index contributed by atoms with van der Waals surface area (Å²) in [5.74, 6) is 0.273. The fraction of sp³-hybridized carbons (Fsp3) is 0.364. The van der Waals surface area contributed by atoms with Crippen molar-refractivity contribution in [1.29, 1.82) is 0 Å². The van der Waals surface area contributed by atoms with Gasteiger partial charge in [-0.3, -0.25) is 9.59 Å². The minimum Gasteiger partial charge on any atom is -0.495 e. The maximum Gasteiger partial charge on any atom is 0.254 e. The molecule has 3 rings (SSSR count). The molecular weight excluding hydrogens is 422 g/mol. The Morgan fingerprint density at radius 2 is 1.83 bits per heavy atom. The Bertz CT molecular complexity index is 916. The smallest absolute Gasteiger partial charge is 0.254 e. The van der Waals surface area contributed by atoms with Gasteiger partial charge in [0.2, 0.25) is 5.91 Å². The number of hydrogen-bond acceptors (Lipinski definition) is 5. The fourth-order valence-corrected chi connectivity index (χ4v) is 4.30. The molecule has 0 aliphatic carbocycles. The number of nitrogens with zero attached hydrogens (tertiary/aromatic N) is 2. The van der Waals surface area contributed by atoms with Crippen LogP contribution in [0.15, 0.2) is 47.4 Å². The van der Waals surface area contributed by atoms with E-state index in [1.165, 1.54) is 18.9 Å². The number of amides is 2. The van der Waals surface area contributed by atoms with Gasteiger partial charge in [-0.2, -0.15) is 0 Å². The molecule has 6 nitrogen and oxygen atoms in total. The van der Waals surface area contributed by atoms with Crippen molar-refractivity contribution in [3.63, 3.8) is 0 Å². The molecule has 1 saturated heterocycles. The summed E-state index contributed by atoms with van der Waals surface area (Å²) in [5, 5.41) is 3.13. The number of halogens is 1. The number of methoxy groups -OCH3 is 1. The van der Waals surface area contributed by atoms with Crippen molar-refractivity contribution < 1.29 is 14.3 Å². The summed E-state index contributed by atoms with van der Waals surface area (Å²) in [5.41, 5.74) is 1.01. The highest BCUT2D eigenvalue weighted by Gasteiger charge is 2.23. The van der Waals surface area contributed by atoms with Gasteiger partial charge in [-0.25, -0.2) is 0 Å². The average molecular weight is 448 g/mol. The third kappa shape index (κ3) is 5.47. The second-order valence-electron chi connectivity index (χ2n) is 7.19. The zero-order valence-corrected chi connectivity index (χ0v) is 18.9. The zero-order valence-electron chi connectivity index (χ0n) is 17.4. The van der Waals surface area contributed by atoms with Crippen LogP contribution in [0.1, 0.15) is 17.3 Å². The molecule has 30 heavy (non-hydrogen) atoms. The Morgan fingerprint density at radius 3 is 2.50 bits per heavy atom. The van der Waals surface area contributed by atoms with Crippen molar-refractivity contribution in [2.24, 2.45) is 0 Å². The van der Waals surface area contributed by atoms with Crippen molar-refractivity contribution in [1.82, 2.24) is 9.80 Å². The molecule has 8 heteroatoms. The Labute approximate surface area is 186 Å². The number of carbonyl (C=O) groups is 2. The van der Waals surface area contributed by atoms with E-state index in [1.807, 2.05) is 37.1 Å². The van der Waals surface area contributed by atoms with Crippen LogP contribution in [-0.4, -0.2) is 67.2 Å². The Hall–Kier alpha value is -2.22. The lowest BCUT2D eigenvalue weighted by molar-refractivity contribution is -0.115. The summed E-state index contributed by atoms with van der Waals surface area (Å²) in [6, 6.07) is 12.5. The van der Waals surface area contributed by atoms with Crippen LogP contribution in [0, 0.1) is 0 Å². The zero-order chi connectivity index (χ0) is 21.7. The molecule has 0 bridgehead atoms. The number of hydrogen-bond donors (Lipinski definition) is 1. The van der Waals surface area contributed by atoms with Gasteiger partial charge in [0.15, 0.2) is 0 Å². The second-order valence-corrected chi connectivity index (χ2v) is 8.98. The maximum absolute atomic E-state index is 12.9. The highest BCUT2D eigenvalue weighted by atomic mass is 35.5. The summed E-state index contributed by atoms with van der Waals surface area (Å²) < 4.78 is 5.38. The van der Waals surface area contributed by atoms with Gasteiger partial charge in [0.1, 0.15) is 5.75 Å². The van der Waals surface area contributed by atoms with Gasteiger partial charge < -0.3 is 19.9 Å². The molecule has 1 aliphatic heterocycles. The van der Waals surface area contributed by atoms with Gasteiger partial charge in [0, 0.05) is 36.6 Å². The van der Waals surface area contributed by atoms with E-state index in [0.29, 0.717) is 35.1 Å². The first-order valence-corrected chi connectivity index (χ1v) is 11.0. The monoisotopic (exact) mass is 447 g/mol. The molecule has 1 heterocycles. The van der Waals surface area contributed by atoms with E-state index in [1.54, 1.807) is 24.3 Å². The van der Waals surface area contributed by atoms with Gasteiger partial charge in [-0.1, -0.05) is 23.7 Å². The van der Waals surface area contributed by atoms with Crippen LogP contribution in [0.3, 0.4) is 0 Å². The summed E-state index contributed by atoms with van der Waals surface area (Å²) in [6.07, 6.45) is 0. The van der Waals surface area contributed by atoms with Crippen LogP contribution in [-0.2, 0) is 4.79 Å². The number of anilines is 1. The Balaban J connectivity index is 1.72. The minimum absolute atomic E-state index is 0.0419. The van der Waals surface area contributed by atoms with E-state index < -0.39 is 0 Å². The summed E-state index contributed by atoms with van der Waals surface area (Å²) in [6.45, 7) is 4.89. The Morgan fingerprint density at radius 1 is 1.13 bits per heavy atom. The first-order valence-electron chi connectivity index (χ1n) is 9.77. The maximum atomic E-state index is 12.9. The lowest BCUT2D eigenvalue weighted by Crippen LogP contribution is -2.47. The predicted octanol–water partition coefficient (Wildman–Crippen LogP) is 3.86. The molecule has 1 fully saturated rings. The van der Waals surface area contributed by atoms with Crippen LogP contribution in [0.25, 0.3) is 0 Å². The molecule has 0 aromatic heterocycles. The summed E-state index contributed by atoms with van der Waals surface area (Å²) >= 11 is 7.58. The number of thioether (sulfide) groups is 1. The first kappa shape index (κ1) is 22.5. The van der Waals surface area contributed by atoms with Crippen molar-refractivity contribution in [3.05, 3.63) is 53.1 Å². The fourth-order valence-electron chi connectivity index (χ4n) is 3.15. The van der Waals surface area contributed by atoms with Crippen LogP contribution < -0.4 is 10.1 Å². The molecule has 0 saturated carbocycles. The molecule has 1 N–H and O–H groups in total. The SMILES string of the molecule is COc1ccc(C(=O)N2CCN(C)CC2)cc1NC(=O)C(C)Sc1ccccc1Cl. The molecule has 1 atom stereocenters. The molecule has 1 aliphatic rings. The van der Waals surface area contributed by atoms with Crippen LogP contribution in [0.5, 0.6) is 5.75 Å². The van der Waals surface area contributed by atoms with Crippen molar-refractivity contribution in [2.75, 3.05) is 45.7 Å². The summed E-state index contributed by atoms with van der Waals surface area (Å²) in [4.78, 5) is 30.5. The van der Waals surface area contributed by atoms with Crippen LogP contribution in [0.2, 0.25) is 5.02 Å². The third-order valence-electron chi connectivity index (χ3n) is 5.00. The van der Waals surface area contributed by atoms with Gasteiger partial charge >= 0.3 is 0 Å². The van der Waals surface area contributed by atoms with E-state index in [4.69, 9.17) is 16.3 Å². The first-order chi connectivity index (χ1) is 14.4. The van der Waals surface area contributed by atoms with E-state index in [2.05, 4.69) is 10.2 Å². The van der Waals surface area contributed by atoms with Crippen molar-refractivity contribution >= 4 is 40.9 Å². The number of carbonyl (C=O) groups excluding carboxylic acids is 2. The van der Waals surface area contributed by atoms with E-state index in [-0.39, 0.29) is 17.1 Å². The van der Waals surface area contributed by atoms with E-state index in [0.717, 1.165) is 18.0 Å². The van der Waals surface area contributed by atoms with Gasteiger partial charge in [0.25, 0.3) is 5.91 Å². The van der Waals surface area contributed by atoms with Crippen LogP contribution >= 0.6 is 23.4 Å². The van der Waals surface area contributed by atoms with E-state index in [9.17, 15) is 9.59 Å². The quantitative estimate of drug-likeness (QED) is 0.681. The largest absolute Gasteiger partial charge is 0.495 e. The normalized spacial score (nSPS) is 15.5. The third-order valence-corrected chi connectivity index (χ3v) is 6.62. The number of piperazine rings is 1. The predicted molar refractivity (Wildman–Crippen MR) is 122 cm³/mol. The van der Waals surface area contributed by atoms with Crippen molar-refractivity contribution in [3.8, 4) is 5.75 Å². The van der Waals surface area contributed by atoms with Gasteiger partial charge in [0.05, 0.1) is 23.1 Å². The minimum atomic E-state index is -0.383. The van der Waals surface area contributed by atoms with Gasteiger partial charge in [-0.05, 0) is 44.3 Å². The molecular formula is C22H26ClN3O3S. The molecule has 0 spiro atoms. The summed E-state index contributed by atoms with van der Waals surface area (Å²) in [7, 11) is 3.58. The molecule has 2 aromatic carbocycles. The number of ether oxygens (including phenoxy) is 1. The van der Waals surface area contributed by atoms with Gasteiger partial charge in [-0.15, -0.1) is 11.8 Å². The highest BCUT2D eigenvalue weighted by molar-refractivity contribution is 8.00.